The first-order valence-electron chi connectivity index (χ1n) is 9.33. The van der Waals surface area contributed by atoms with Gasteiger partial charge in [-0.1, -0.05) is 6.07 Å². The fraction of sp³-hybridized carbons (Fsp3) is 0.400. The number of carbonyl (C=O) groups excluding carboxylic acids is 1. The molecule has 2 aliphatic rings. The molecule has 1 aromatic carbocycles. The number of nitrogens with zero attached hydrogens (tertiary/aromatic N) is 5. The van der Waals surface area contributed by atoms with Crippen molar-refractivity contribution in [3.8, 4) is 0 Å². The number of anilines is 1. The third-order valence-electron chi connectivity index (χ3n) is 5.83. The van der Waals surface area contributed by atoms with Gasteiger partial charge in [-0.05, 0) is 55.1 Å². The first kappa shape index (κ1) is 16.8. The highest BCUT2D eigenvalue weighted by Gasteiger charge is 2.46. The Bertz CT molecular complexity index is 965. The monoisotopic (exact) mass is 379 g/mol. The Morgan fingerprint density at radius 3 is 2.74 bits per heavy atom. The van der Waals surface area contributed by atoms with Crippen molar-refractivity contribution >= 4 is 33.4 Å². The lowest BCUT2D eigenvalue weighted by molar-refractivity contribution is -0.118. The van der Waals surface area contributed by atoms with Crippen LogP contribution in [0.5, 0.6) is 0 Å². The van der Waals surface area contributed by atoms with Gasteiger partial charge in [-0.25, -0.2) is 15.0 Å². The number of hydrogen-bond acceptors (Lipinski definition) is 6. The second-order valence-electron chi connectivity index (χ2n) is 7.64. The SMILES string of the molecule is O=C1CC2(CCN(Cc3ccc4scnc4c3)CC2)CN1c1ncccn1. The Hall–Kier alpha value is -2.38. The predicted octanol–water partition coefficient (Wildman–Crippen LogP) is 3.11. The van der Waals surface area contributed by atoms with Gasteiger partial charge < -0.3 is 0 Å². The minimum Gasteiger partial charge on any atom is -0.299 e. The molecule has 0 radical (unpaired) electrons. The quantitative estimate of drug-likeness (QED) is 0.700. The fourth-order valence-electron chi connectivity index (χ4n) is 4.29. The number of rotatable bonds is 3. The van der Waals surface area contributed by atoms with Crippen molar-refractivity contribution in [3.63, 3.8) is 0 Å². The maximum atomic E-state index is 12.5. The summed E-state index contributed by atoms with van der Waals surface area (Å²) in [5.74, 6) is 0.696. The Balaban J connectivity index is 1.24. The van der Waals surface area contributed by atoms with Gasteiger partial charge in [0.25, 0.3) is 0 Å². The number of amides is 1. The molecular weight excluding hydrogens is 358 g/mol. The van der Waals surface area contributed by atoms with Crippen LogP contribution in [0.4, 0.5) is 5.95 Å². The molecule has 6 nitrogen and oxygen atoms in total. The lowest BCUT2D eigenvalue weighted by atomic mass is 9.77. The Morgan fingerprint density at radius 1 is 1.11 bits per heavy atom. The van der Waals surface area contributed by atoms with Gasteiger partial charge >= 0.3 is 0 Å². The van der Waals surface area contributed by atoms with Crippen LogP contribution in [0.15, 0.2) is 42.2 Å². The predicted molar refractivity (Wildman–Crippen MR) is 106 cm³/mol. The van der Waals surface area contributed by atoms with Crippen LogP contribution in [-0.2, 0) is 11.3 Å². The van der Waals surface area contributed by atoms with Crippen molar-refractivity contribution in [2.24, 2.45) is 5.41 Å². The normalized spacial score (nSPS) is 20.0. The van der Waals surface area contributed by atoms with Gasteiger partial charge in [0.05, 0.1) is 15.7 Å². The van der Waals surface area contributed by atoms with E-state index in [9.17, 15) is 4.79 Å². The summed E-state index contributed by atoms with van der Waals surface area (Å²) in [5.41, 5.74) is 4.38. The number of piperidine rings is 1. The number of hydrogen-bond donors (Lipinski definition) is 0. The fourth-order valence-corrected chi connectivity index (χ4v) is 4.95. The smallest absolute Gasteiger partial charge is 0.232 e. The van der Waals surface area contributed by atoms with E-state index in [1.165, 1.54) is 10.3 Å². The maximum absolute atomic E-state index is 12.5. The van der Waals surface area contributed by atoms with E-state index in [1.807, 2.05) is 5.51 Å². The molecular formula is C20H21N5OS. The molecule has 2 aliphatic heterocycles. The Kier molecular flexibility index (Phi) is 4.13. The molecule has 138 valence electrons. The zero-order valence-electron chi connectivity index (χ0n) is 15.0. The number of carbonyl (C=O) groups is 1. The molecule has 0 N–H and O–H groups in total. The lowest BCUT2D eigenvalue weighted by Gasteiger charge is -2.38. The Morgan fingerprint density at radius 2 is 1.93 bits per heavy atom. The van der Waals surface area contributed by atoms with Crippen LogP contribution >= 0.6 is 11.3 Å². The van der Waals surface area contributed by atoms with Crippen molar-refractivity contribution in [2.75, 3.05) is 24.5 Å². The molecule has 4 heterocycles. The topological polar surface area (TPSA) is 62.2 Å². The largest absolute Gasteiger partial charge is 0.299 e. The lowest BCUT2D eigenvalue weighted by Crippen LogP contribution is -2.41. The molecule has 2 aromatic heterocycles. The first-order valence-corrected chi connectivity index (χ1v) is 10.2. The van der Waals surface area contributed by atoms with Crippen LogP contribution in [0.3, 0.4) is 0 Å². The van der Waals surface area contributed by atoms with E-state index >= 15 is 0 Å². The number of benzene rings is 1. The molecule has 0 aliphatic carbocycles. The minimum atomic E-state index is 0.0751. The summed E-state index contributed by atoms with van der Waals surface area (Å²) in [4.78, 5) is 29.7. The van der Waals surface area contributed by atoms with Gasteiger partial charge in [-0.2, -0.15) is 0 Å². The molecule has 0 unspecified atom stereocenters. The van der Waals surface area contributed by atoms with E-state index in [0.29, 0.717) is 12.4 Å². The third kappa shape index (κ3) is 3.21. The Labute approximate surface area is 161 Å². The van der Waals surface area contributed by atoms with Gasteiger partial charge in [0, 0.05) is 31.9 Å². The van der Waals surface area contributed by atoms with Crippen molar-refractivity contribution in [2.45, 2.75) is 25.8 Å². The van der Waals surface area contributed by atoms with Crippen molar-refractivity contribution in [1.82, 2.24) is 19.9 Å². The molecule has 0 bridgehead atoms. The summed E-state index contributed by atoms with van der Waals surface area (Å²) in [6.07, 6.45) is 6.09. The molecule has 3 aromatic rings. The highest BCUT2D eigenvalue weighted by molar-refractivity contribution is 7.16. The summed E-state index contributed by atoms with van der Waals surface area (Å²) in [6.45, 7) is 3.73. The van der Waals surface area contributed by atoms with Gasteiger partial charge in [0.15, 0.2) is 0 Å². The first-order chi connectivity index (χ1) is 13.2. The highest BCUT2D eigenvalue weighted by atomic mass is 32.1. The second kappa shape index (κ2) is 6.65. The zero-order chi connectivity index (χ0) is 18.3. The zero-order valence-corrected chi connectivity index (χ0v) is 15.9. The van der Waals surface area contributed by atoms with Gasteiger partial charge in [-0.15, -0.1) is 11.3 Å². The average Bonchev–Trinajstić information content (AvgIpc) is 3.29. The molecule has 27 heavy (non-hydrogen) atoms. The van der Waals surface area contributed by atoms with Gasteiger partial charge in [0.1, 0.15) is 0 Å². The average molecular weight is 379 g/mol. The van der Waals surface area contributed by atoms with E-state index in [0.717, 1.165) is 44.5 Å². The highest BCUT2D eigenvalue weighted by Crippen LogP contribution is 2.42. The summed E-state index contributed by atoms with van der Waals surface area (Å²) < 4.78 is 1.24. The summed E-state index contributed by atoms with van der Waals surface area (Å²) in [7, 11) is 0. The standard InChI is InChI=1S/C20H21N5OS/c26-18-11-20(13-25(18)19-21-6-1-7-22-19)4-8-24(9-5-20)12-15-2-3-17-16(10-15)23-14-27-17/h1-3,6-7,10,14H,4-5,8-9,11-13H2. The minimum absolute atomic E-state index is 0.0751. The summed E-state index contributed by atoms with van der Waals surface area (Å²) in [5, 5.41) is 0. The molecule has 1 amide bonds. The maximum Gasteiger partial charge on any atom is 0.232 e. The van der Waals surface area contributed by atoms with Crippen LogP contribution < -0.4 is 4.90 Å². The molecule has 1 spiro atoms. The van der Waals surface area contributed by atoms with E-state index in [4.69, 9.17) is 0 Å². The second-order valence-corrected chi connectivity index (χ2v) is 8.52. The number of aromatic nitrogens is 3. The third-order valence-corrected chi connectivity index (χ3v) is 6.64. The van der Waals surface area contributed by atoms with Crippen LogP contribution in [0.2, 0.25) is 0 Å². The number of likely N-dealkylation sites (tertiary alicyclic amines) is 1. The number of fused-ring (bicyclic) bond motifs is 1. The molecule has 0 atom stereocenters. The van der Waals surface area contributed by atoms with Crippen LogP contribution in [0, 0.1) is 5.41 Å². The summed E-state index contributed by atoms with van der Waals surface area (Å²) >= 11 is 1.68. The van der Waals surface area contributed by atoms with Gasteiger partial charge in [0.2, 0.25) is 11.9 Å². The van der Waals surface area contributed by atoms with Gasteiger partial charge in [-0.3, -0.25) is 14.6 Å². The molecule has 2 fully saturated rings. The molecule has 5 rings (SSSR count). The van der Waals surface area contributed by atoms with Crippen molar-refractivity contribution in [3.05, 3.63) is 47.7 Å². The van der Waals surface area contributed by atoms with E-state index in [1.54, 1.807) is 34.7 Å². The molecule has 2 saturated heterocycles. The number of thiazole rings is 1. The van der Waals surface area contributed by atoms with Crippen molar-refractivity contribution in [1.29, 1.82) is 0 Å². The van der Waals surface area contributed by atoms with E-state index < -0.39 is 0 Å². The van der Waals surface area contributed by atoms with E-state index in [-0.39, 0.29) is 11.3 Å². The van der Waals surface area contributed by atoms with Crippen molar-refractivity contribution < 1.29 is 4.79 Å². The molecule has 0 saturated carbocycles. The van der Waals surface area contributed by atoms with Crippen LogP contribution in [0.1, 0.15) is 24.8 Å². The van der Waals surface area contributed by atoms with Crippen LogP contribution in [-0.4, -0.2) is 45.4 Å². The summed E-state index contributed by atoms with van der Waals surface area (Å²) in [6, 6.07) is 8.35. The van der Waals surface area contributed by atoms with Crippen LogP contribution in [0.25, 0.3) is 10.2 Å². The molecule has 7 heteroatoms. The van der Waals surface area contributed by atoms with E-state index in [2.05, 4.69) is 38.1 Å².